The van der Waals surface area contributed by atoms with Gasteiger partial charge >= 0.3 is 0 Å². The predicted molar refractivity (Wildman–Crippen MR) is 72.9 cm³/mol. The zero-order valence-corrected chi connectivity index (χ0v) is 11.3. The van der Waals surface area contributed by atoms with Crippen molar-refractivity contribution in [3.63, 3.8) is 0 Å². The van der Waals surface area contributed by atoms with Gasteiger partial charge in [-0.25, -0.2) is 0 Å². The number of carbonyl (C=O) groups is 2. The van der Waals surface area contributed by atoms with Gasteiger partial charge in [0.25, 0.3) is 0 Å². The van der Waals surface area contributed by atoms with Gasteiger partial charge in [-0.1, -0.05) is 42.5 Å². The summed E-state index contributed by atoms with van der Waals surface area (Å²) in [7, 11) is 0. The van der Waals surface area contributed by atoms with E-state index >= 15 is 0 Å². The van der Waals surface area contributed by atoms with Crippen LogP contribution in [0.25, 0.3) is 0 Å². The SMILES string of the molecule is O=C1[C@@H]2[C@@H](C(=O)N1C[C@@H](O)c1ccccc1)[C@@H]1C=C[C@@H]2O1. The van der Waals surface area contributed by atoms with Crippen LogP contribution in [0.3, 0.4) is 0 Å². The molecular formula is C16H15NO4. The van der Waals surface area contributed by atoms with E-state index in [0.717, 1.165) is 0 Å². The minimum absolute atomic E-state index is 0.00806. The van der Waals surface area contributed by atoms with E-state index in [1.807, 2.05) is 30.4 Å². The number of likely N-dealkylation sites (tertiary alicyclic amines) is 1. The molecule has 1 N–H and O–H groups in total. The Bertz CT molecular complexity index is 596. The molecule has 0 spiro atoms. The average molecular weight is 285 g/mol. The molecule has 0 aromatic heterocycles. The first kappa shape index (κ1) is 12.7. The van der Waals surface area contributed by atoms with Crippen molar-refractivity contribution in [3.05, 3.63) is 48.0 Å². The lowest BCUT2D eigenvalue weighted by Gasteiger charge is -2.21. The minimum atomic E-state index is -0.857. The second-order valence-electron chi connectivity index (χ2n) is 5.72. The van der Waals surface area contributed by atoms with E-state index in [0.29, 0.717) is 5.56 Å². The predicted octanol–water partition coefficient (Wildman–Crippen LogP) is 0.658. The summed E-state index contributed by atoms with van der Waals surface area (Å²) in [6.07, 6.45) is 2.29. The summed E-state index contributed by atoms with van der Waals surface area (Å²) in [5.41, 5.74) is 0.701. The van der Waals surface area contributed by atoms with Crippen LogP contribution in [0.2, 0.25) is 0 Å². The number of hydrogen-bond acceptors (Lipinski definition) is 4. The van der Waals surface area contributed by atoms with E-state index in [1.165, 1.54) is 4.90 Å². The Kier molecular flexibility index (Phi) is 2.74. The van der Waals surface area contributed by atoms with Crippen molar-refractivity contribution in [1.82, 2.24) is 4.90 Å². The molecule has 5 heteroatoms. The largest absolute Gasteiger partial charge is 0.387 e. The number of ether oxygens (including phenoxy) is 1. The fourth-order valence-corrected chi connectivity index (χ4v) is 3.50. The Hall–Kier alpha value is -1.98. The number of benzene rings is 1. The van der Waals surface area contributed by atoms with Gasteiger partial charge in [0.15, 0.2) is 0 Å². The van der Waals surface area contributed by atoms with Crippen LogP contribution in [-0.2, 0) is 14.3 Å². The molecule has 0 aliphatic carbocycles. The summed E-state index contributed by atoms with van der Waals surface area (Å²) in [5.74, 6) is -1.26. The number of nitrogens with zero attached hydrogens (tertiary/aromatic N) is 1. The lowest BCUT2D eigenvalue weighted by Crippen LogP contribution is -2.37. The van der Waals surface area contributed by atoms with Gasteiger partial charge in [-0.05, 0) is 5.56 Å². The molecule has 108 valence electrons. The smallest absolute Gasteiger partial charge is 0.236 e. The molecule has 2 saturated heterocycles. The molecule has 5 nitrogen and oxygen atoms in total. The maximum absolute atomic E-state index is 12.4. The van der Waals surface area contributed by atoms with Gasteiger partial charge in [-0.15, -0.1) is 0 Å². The maximum atomic E-state index is 12.4. The van der Waals surface area contributed by atoms with Crippen LogP contribution in [0.4, 0.5) is 0 Å². The number of rotatable bonds is 3. The van der Waals surface area contributed by atoms with E-state index in [4.69, 9.17) is 4.74 Å². The minimum Gasteiger partial charge on any atom is -0.387 e. The first-order chi connectivity index (χ1) is 10.2. The standard InChI is InChI=1S/C16H15NO4/c18-10(9-4-2-1-3-5-9)8-17-15(19)13-11-6-7-12(21-11)14(13)16(17)20/h1-7,10-14,18H,8H2/t10-,11+,12+,13+,14+/m1/s1. The van der Waals surface area contributed by atoms with Crippen molar-refractivity contribution in [2.45, 2.75) is 18.3 Å². The highest BCUT2D eigenvalue weighted by atomic mass is 16.5. The van der Waals surface area contributed by atoms with Gasteiger partial charge in [0.2, 0.25) is 11.8 Å². The van der Waals surface area contributed by atoms with Gasteiger partial charge < -0.3 is 9.84 Å². The van der Waals surface area contributed by atoms with Gasteiger partial charge in [0.05, 0.1) is 36.7 Å². The fourth-order valence-electron chi connectivity index (χ4n) is 3.50. The summed E-state index contributed by atoms with van der Waals surface area (Å²) < 4.78 is 5.58. The van der Waals surface area contributed by atoms with Crippen LogP contribution < -0.4 is 0 Å². The third kappa shape index (κ3) is 1.78. The second kappa shape index (κ2) is 4.51. The van der Waals surface area contributed by atoms with Crippen LogP contribution in [0.15, 0.2) is 42.5 Å². The number of amides is 2. The molecule has 21 heavy (non-hydrogen) atoms. The highest BCUT2D eigenvalue weighted by Gasteiger charge is 2.60. The van der Waals surface area contributed by atoms with Crippen LogP contribution >= 0.6 is 0 Å². The van der Waals surface area contributed by atoms with Crippen LogP contribution in [-0.4, -0.2) is 40.6 Å². The summed E-state index contributed by atoms with van der Waals surface area (Å²) >= 11 is 0. The lowest BCUT2D eigenvalue weighted by atomic mass is 9.85. The number of β-amino-alcohol motifs (C(OH)–C–C–N with tert-alkyl or cyclic N) is 1. The Labute approximate surface area is 121 Å². The molecular weight excluding hydrogens is 270 g/mol. The highest BCUT2D eigenvalue weighted by molar-refractivity contribution is 6.06. The Balaban J connectivity index is 1.55. The molecule has 0 saturated carbocycles. The van der Waals surface area contributed by atoms with Crippen molar-refractivity contribution in [2.75, 3.05) is 6.54 Å². The first-order valence-corrected chi connectivity index (χ1v) is 7.09. The van der Waals surface area contributed by atoms with Crippen molar-refractivity contribution >= 4 is 11.8 Å². The Morgan fingerprint density at radius 2 is 1.62 bits per heavy atom. The number of hydrogen-bond donors (Lipinski definition) is 1. The topological polar surface area (TPSA) is 66.8 Å². The molecule has 4 rings (SSSR count). The molecule has 5 atom stereocenters. The summed E-state index contributed by atoms with van der Waals surface area (Å²) in [6, 6.07) is 9.06. The molecule has 3 aliphatic rings. The highest BCUT2D eigenvalue weighted by Crippen LogP contribution is 2.45. The zero-order chi connectivity index (χ0) is 14.6. The molecule has 2 bridgehead atoms. The maximum Gasteiger partial charge on any atom is 0.236 e. The molecule has 3 aliphatic heterocycles. The number of aliphatic hydroxyl groups excluding tert-OH is 1. The van der Waals surface area contributed by atoms with Crippen molar-refractivity contribution in [1.29, 1.82) is 0 Å². The molecule has 2 amide bonds. The fraction of sp³-hybridized carbons (Fsp3) is 0.375. The Morgan fingerprint density at radius 3 is 2.19 bits per heavy atom. The summed E-state index contributed by atoms with van der Waals surface area (Å²) in [6.45, 7) is 0.00806. The molecule has 1 aromatic carbocycles. The molecule has 2 fully saturated rings. The van der Waals surface area contributed by atoms with Crippen molar-refractivity contribution in [3.8, 4) is 0 Å². The number of imide groups is 1. The third-order valence-corrected chi connectivity index (χ3v) is 4.54. The summed E-state index contributed by atoms with van der Waals surface area (Å²) in [4.78, 5) is 26.1. The van der Waals surface area contributed by atoms with Gasteiger partial charge in [-0.3, -0.25) is 14.5 Å². The quantitative estimate of drug-likeness (QED) is 0.654. The van der Waals surface area contributed by atoms with E-state index in [2.05, 4.69) is 0 Å². The van der Waals surface area contributed by atoms with Gasteiger partial charge in [0, 0.05) is 0 Å². The first-order valence-electron chi connectivity index (χ1n) is 7.09. The number of aliphatic hydroxyl groups is 1. The van der Waals surface area contributed by atoms with Gasteiger partial charge in [0.1, 0.15) is 0 Å². The van der Waals surface area contributed by atoms with Crippen LogP contribution in [0, 0.1) is 11.8 Å². The Morgan fingerprint density at radius 1 is 1.05 bits per heavy atom. The van der Waals surface area contributed by atoms with E-state index < -0.39 is 17.9 Å². The summed E-state index contributed by atoms with van der Waals surface area (Å²) in [5, 5.41) is 10.2. The van der Waals surface area contributed by atoms with E-state index in [9.17, 15) is 14.7 Å². The normalized spacial score (nSPS) is 34.6. The number of fused-ring (bicyclic) bond motifs is 5. The average Bonchev–Trinajstić information content (AvgIpc) is 3.18. The zero-order valence-electron chi connectivity index (χ0n) is 11.3. The van der Waals surface area contributed by atoms with Crippen molar-refractivity contribution < 1.29 is 19.4 Å². The van der Waals surface area contributed by atoms with Crippen LogP contribution in [0.5, 0.6) is 0 Å². The molecule has 3 heterocycles. The second-order valence-corrected chi connectivity index (χ2v) is 5.72. The molecule has 0 radical (unpaired) electrons. The van der Waals surface area contributed by atoms with E-state index in [1.54, 1.807) is 12.1 Å². The monoisotopic (exact) mass is 285 g/mol. The van der Waals surface area contributed by atoms with E-state index in [-0.39, 0.29) is 30.6 Å². The third-order valence-electron chi connectivity index (χ3n) is 4.54. The molecule has 1 aromatic rings. The number of carbonyl (C=O) groups excluding carboxylic acids is 2. The molecule has 0 unspecified atom stereocenters. The van der Waals surface area contributed by atoms with Gasteiger partial charge in [-0.2, -0.15) is 0 Å². The van der Waals surface area contributed by atoms with Crippen LogP contribution in [0.1, 0.15) is 11.7 Å². The lowest BCUT2D eigenvalue weighted by molar-refractivity contribution is -0.144. The van der Waals surface area contributed by atoms with Crippen molar-refractivity contribution in [2.24, 2.45) is 11.8 Å².